The van der Waals surface area contributed by atoms with Gasteiger partial charge in [0, 0.05) is 35.8 Å². The van der Waals surface area contributed by atoms with Crippen molar-refractivity contribution in [3.8, 4) is 17.0 Å². The third-order valence-corrected chi connectivity index (χ3v) is 5.22. The molecule has 3 aromatic rings. The van der Waals surface area contributed by atoms with Crippen molar-refractivity contribution in [1.82, 2.24) is 20.1 Å². The number of nitrogens with zero attached hydrogens (tertiary/aromatic N) is 3. The van der Waals surface area contributed by atoms with E-state index in [0.29, 0.717) is 18.8 Å². The minimum absolute atomic E-state index is 0.0168. The topological polar surface area (TPSA) is 69.0 Å². The molecule has 0 bridgehead atoms. The Labute approximate surface area is 170 Å². The lowest BCUT2D eigenvalue weighted by atomic mass is 9.94. The number of aromatic nitrogens is 3. The van der Waals surface area contributed by atoms with Crippen LogP contribution in [0.5, 0.6) is 5.75 Å². The highest BCUT2D eigenvalue weighted by atomic mass is 16.5. The Bertz CT molecular complexity index is 982. The van der Waals surface area contributed by atoms with Crippen molar-refractivity contribution < 1.29 is 9.53 Å². The highest BCUT2D eigenvalue weighted by molar-refractivity contribution is 5.77. The number of amides is 1. The van der Waals surface area contributed by atoms with Gasteiger partial charge in [0.15, 0.2) is 6.61 Å². The fourth-order valence-electron chi connectivity index (χ4n) is 3.80. The van der Waals surface area contributed by atoms with Crippen molar-refractivity contribution in [1.29, 1.82) is 0 Å². The van der Waals surface area contributed by atoms with Crippen LogP contribution in [0, 0.1) is 6.92 Å². The lowest BCUT2D eigenvalue weighted by Crippen LogP contribution is -2.32. The number of ether oxygens (including phenoxy) is 1. The Hall–Kier alpha value is -3.15. The van der Waals surface area contributed by atoms with Crippen molar-refractivity contribution in [3.63, 3.8) is 0 Å². The monoisotopic (exact) mass is 390 g/mol. The molecule has 1 aliphatic rings. The van der Waals surface area contributed by atoms with Crippen LogP contribution >= 0.6 is 0 Å². The second-order valence-electron chi connectivity index (χ2n) is 7.40. The zero-order valence-corrected chi connectivity index (χ0v) is 16.7. The molecule has 2 aromatic heterocycles. The quantitative estimate of drug-likeness (QED) is 0.672. The fourth-order valence-corrected chi connectivity index (χ4v) is 3.80. The fraction of sp³-hybridized carbons (Fsp3) is 0.348. The molecular weight excluding hydrogens is 364 g/mol. The number of carbonyl (C=O) groups excluding carboxylic acids is 1. The van der Waals surface area contributed by atoms with Gasteiger partial charge in [0.1, 0.15) is 5.75 Å². The second kappa shape index (κ2) is 8.90. The number of fused-ring (bicyclic) bond motifs is 1. The molecule has 0 aliphatic heterocycles. The zero-order chi connectivity index (χ0) is 20.1. The van der Waals surface area contributed by atoms with Gasteiger partial charge in [-0.3, -0.25) is 14.5 Å². The zero-order valence-electron chi connectivity index (χ0n) is 16.7. The number of hydrogen-bond acceptors (Lipinski definition) is 4. The average Bonchev–Trinajstić information content (AvgIpc) is 3.12. The largest absolute Gasteiger partial charge is 0.484 e. The Balaban J connectivity index is 1.36. The number of rotatable bonds is 7. The number of pyridine rings is 1. The summed E-state index contributed by atoms with van der Waals surface area (Å²) in [6.07, 6.45) is 8.09. The maximum Gasteiger partial charge on any atom is 0.258 e. The molecule has 0 unspecified atom stereocenters. The standard InChI is InChI=1S/C23H26N4O2/c1-17-5-4-6-19(15-17)29-16-22(28)25-13-14-27-21-8-3-2-7-20(21)23(26-27)18-9-11-24-12-10-18/h4-6,9-12,15H,2-3,7-8,13-14,16H2,1H3,(H,25,28). The number of carbonyl (C=O) groups is 1. The summed E-state index contributed by atoms with van der Waals surface area (Å²) in [5.41, 5.74) is 5.91. The van der Waals surface area contributed by atoms with Gasteiger partial charge in [0.05, 0.1) is 12.2 Å². The molecule has 0 fully saturated rings. The summed E-state index contributed by atoms with van der Waals surface area (Å²) in [5.74, 6) is 0.588. The molecule has 1 aromatic carbocycles. The Morgan fingerprint density at radius 1 is 1.17 bits per heavy atom. The summed E-state index contributed by atoms with van der Waals surface area (Å²) >= 11 is 0. The summed E-state index contributed by atoms with van der Waals surface area (Å²) < 4.78 is 7.62. The maximum atomic E-state index is 12.1. The van der Waals surface area contributed by atoms with Crippen LogP contribution in [-0.2, 0) is 24.2 Å². The van der Waals surface area contributed by atoms with Gasteiger partial charge in [-0.25, -0.2) is 0 Å². The molecule has 1 amide bonds. The predicted molar refractivity (Wildman–Crippen MR) is 112 cm³/mol. The lowest BCUT2D eigenvalue weighted by molar-refractivity contribution is -0.123. The first-order chi connectivity index (χ1) is 14.2. The van der Waals surface area contributed by atoms with E-state index in [1.807, 2.05) is 43.3 Å². The Morgan fingerprint density at radius 2 is 2.00 bits per heavy atom. The predicted octanol–water partition coefficient (Wildman–Crippen LogP) is 3.33. The average molecular weight is 390 g/mol. The van der Waals surface area contributed by atoms with E-state index in [1.54, 1.807) is 12.4 Å². The molecule has 0 spiro atoms. The number of aryl methyl sites for hydroxylation is 1. The first kappa shape index (κ1) is 19.2. The molecule has 0 radical (unpaired) electrons. The van der Waals surface area contributed by atoms with Crippen molar-refractivity contribution >= 4 is 5.91 Å². The van der Waals surface area contributed by atoms with E-state index in [4.69, 9.17) is 9.84 Å². The van der Waals surface area contributed by atoms with E-state index in [9.17, 15) is 4.79 Å². The summed E-state index contributed by atoms with van der Waals surface area (Å²) in [6.45, 7) is 3.20. The highest BCUT2D eigenvalue weighted by Gasteiger charge is 2.21. The first-order valence-corrected chi connectivity index (χ1v) is 10.2. The van der Waals surface area contributed by atoms with Gasteiger partial charge in [-0.05, 0) is 62.4 Å². The lowest BCUT2D eigenvalue weighted by Gasteiger charge is -2.14. The van der Waals surface area contributed by atoms with Gasteiger partial charge in [0.2, 0.25) is 0 Å². The van der Waals surface area contributed by atoms with Crippen LogP contribution in [0.1, 0.15) is 29.7 Å². The Kier molecular flexibility index (Phi) is 5.89. The summed E-state index contributed by atoms with van der Waals surface area (Å²) in [5, 5.41) is 7.81. The van der Waals surface area contributed by atoms with Gasteiger partial charge in [-0.1, -0.05) is 12.1 Å². The van der Waals surface area contributed by atoms with Crippen LogP contribution in [-0.4, -0.2) is 33.8 Å². The molecule has 150 valence electrons. The smallest absolute Gasteiger partial charge is 0.258 e. The molecule has 29 heavy (non-hydrogen) atoms. The summed E-state index contributed by atoms with van der Waals surface area (Å²) in [7, 11) is 0. The van der Waals surface area contributed by atoms with Gasteiger partial charge in [0.25, 0.3) is 5.91 Å². The van der Waals surface area contributed by atoms with Crippen molar-refractivity contribution in [2.45, 2.75) is 39.2 Å². The maximum absolute atomic E-state index is 12.1. The summed E-state index contributed by atoms with van der Waals surface area (Å²) in [4.78, 5) is 16.2. The van der Waals surface area contributed by atoms with Gasteiger partial charge < -0.3 is 10.1 Å². The van der Waals surface area contributed by atoms with Gasteiger partial charge >= 0.3 is 0 Å². The minimum Gasteiger partial charge on any atom is -0.484 e. The van der Waals surface area contributed by atoms with E-state index in [0.717, 1.165) is 29.7 Å². The molecule has 4 rings (SSSR count). The van der Waals surface area contributed by atoms with Gasteiger partial charge in [-0.2, -0.15) is 5.10 Å². The molecule has 6 nitrogen and oxygen atoms in total. The van der Waals surface area contributed by atoms with Crippen LogP contribution < -0.4 is 10.1 Å². The molecule has 0 saturated heterocycles. The van der Waals surface area contributed by atoms with Crippen LogP contribution in [0.2, 0.25) is 0 Å². The van der Waals surface area contributed by atoms with E-state index >= 15 is 0 Å². The van der Waals surface area contributed by atoms with E-state index in [-0.39, 0.29) is 12.5 Å². The number of nitrogens with one attached hydrogen (secondary N) is 1. The van der Waals surface area contributed by atoms with Crippen LogP contribution in [0.4, 0.5) is 0 Å². The molecule has 2 heterocycles. The SMILES string of the molecule is Cc1cccc(OCC(=O)NCCn2nc(-c3ccncc3)c3c2CCCC3)c1. The minimum atomic E-state index is -0.123. The molecule has 0 atom stereocenters. The molecule has 1 aliphatic carbocycles. The van der Waals surface area contributed by atoms with Crippen LogP contribution in [0.15, 0.2) is 48.8 Å². The van der Waals surface area contributed by atoms with Gasteiger partial charge in [-0.15, -0.1) is 0 Å². The molecular formula is C23H26N4O2. The van der Waals surface area contributed by atoms with Crippen LogP contribution in [0.3, 0.4) is 0 Å². The summed E-state index contributed by atoms with van der Waals surface area (Å²) in [6, 6.07) is 11.7. The third-order valence-electron chi connectivity index (χ3n) is 5.22. The van der Waals surface area contributed by atoms with E-state index < -0.39 is 0 Å². The Morgan fingerprint density at radius 3 is 2.83 bits per heavy atom. The highest BCUT2D eigenvalue weighted by Crippen LogP contribution is 2.30. The van der Waals surface area contributed by atoms with E-state index in [1.165, 1.54) is 24.1 Å². The van der Waals surface area contributed by atoms with Crippen molar-refractivity contribution in [2.24, 2.45) is 0 Å². The normalized spacial score (nSPS) is 13.0. The molecule has 6 heteroatoms. The number of hydrogen-bond donors (Lipinski definition) is 1. The molecule has 1 N–H and O–H groups in total. The van der Waals surface area contributed by atoms with E-state index in [2.05, 4.69) is 15.0 Å². The van der Waals surface area contributed by atoms with Crippen molar-refractivity contribution in [3.05, 3.63) is 65.6 Å². The number of benzene rings is 1. The van der Waals surface area contributed by atoms with Crippen molar-refractivity contribution in [2.75, 3.05) is 13.2 Å². The second-order valence-corrected chi connectivity index (χ2v) is 7.40. The third kappa shape index (κ3) is 4.65. The first-order valence-electron chi connectivity index (χ1n) is 10.2. The van der Waals surface area contributed by atoms with Crippen LogP contribution in [0.25, 0.3) is 11.3 Å². The molecule has 0 saturated carbocycles.